The fourth-order valence-corrected chi connectivity index (χ4v) is 3.07. The van der Waals surface area contributed by atoms with Gasteiger partial charge in [-0.15, -0.1) is 0 Å². The molecule has 1 N–H and O–H groups in total. The van der Waals surface area contributed by atoms with Crippen LogP contribution in [0.3, 0.4) is 0 Å². The van der Waals surface area contributed by atoms with Gasteiger partial charge < -0.3 is 14.4 Å². The highest BCUT2D eigenvalue weighted by atomic mass is 32.1. The molecule has 0 unspecified atom stereocenters. The quantitative estimate of drug-likeness (QED) is 0.897. The van der Waals surface area contributed by atoms with Gasteiger partial charge in [-0.2, -0.15) is 0 Å². The van der Waals surface area contributed by atoms with Gasteiger partial charge in [0.25, 0.3) is 11.8 Å². The van der Waals surface area contributed by atoms with Crippen LogP contribution in [0.15, 0.2) is 18.2 Å². The van der Waals surface area contributed by atoms with Gasteiger partial charge in [-0.05, 0) is 19.1 Å². The zero-order valence-corrected chi connectivity index (χ0v) is 15.0. The van der Waals surface area contributed by atoms with E-state index < -0.39 is 5.91 Å². The molecule has 0 aliphatic carbocycles. The number of aromatic nitrogens is 1. The molecule has 0 aliphatic heterocycles. The molecule has 2 rings (SSSR count). The van der Waals surface area contributed by atoms with Crippen molar-refractivity contribution in [1.82, 2.24) is 9.88 Å². The second-order valence-corrected chi connectivity index (χ2v) is 6.12. The van der Waals surface area contributed by atoms with Crippen LogP contribution in [0.4, 0.5) is 5.13 Å². The third-order valence-corrected chi connectivity index (χ3v) is 4.33. The van der Waals surface area contributed by atoms with Crippen molar-refractivity contribution in [1.29, 1.82) is 0 Å². The van der Waals surface area contributed by atoms with E-state index in [4.69, 9.17) is 9.47 Å². The number of nitrogens with one attached hydrogen (secondary N) is 1. The topological polar surface area (TPSA) is 80.8 Å². The first kappa shape index (κ1) is 17.7. The number of benzene rings is 1. The van der Waals surface area contributed by atoms with E-state index in [-0.39, 0.29) is 11.5 Å². The Morgan fingerprint density at radius 1 is 1.17 bits per heavy atom. The molecule has 0 fully saturated rings. The molecular formula is C16H19N3O4S. The molecule has 8 heteroatoms. The third-order valence-electron chi connectivity index (χ3n) is 3.27. The molecule has 1 heterocycles. The second-order valence-electron chi connectivity index (χ2n) is 5.12. The molecule has 0 bridgehead atoms. The molecule has 0 atom stereocenters. The van der Waals surface area contributed by atoms with Crippen molar-refractivity contribution < 1.29 is 19.1 Å². The summed E-state index contributed by atoms with van der Waals surface area (Å²) >= 11 is 1.13. The summed E-state index contributed by atoms with van der Waals surface area (Å²) in [6.07, 6.45) is 0. The first-order valence-electron chi connectivity index (χ1n) is 7.10. The normalized spacial score (nSPS) is 10.2. The number of hydrogen-bond donors (Lipinski definition) is 1. The number of carbonyl (C=O) groups excluding carboxylic acids is 2. The summed E-state index contributed by atoms with van der Waals surface area (Å²) in [6.45, 7) is 1.73. The monoisotopic (exact) mass is 349 g/mol. The molecule has 0 saturated heterocycles. The number of ether oxygens (including phenoxy) is 2. The molecule has 2 amide bonds. The standard InChI is InChI=1S/C16H19N3O4S/c1-9-13(15(21)19(2)3)24-16(17-9)18-14(20)12-10(22-4)7-6-8-11(12)23-5/h6-8H,1-5H3,(H,17,18,20). The van der Waals surface area contributed by atoms with Crippen LogP contribution < -0.4 is 14.8 Å². The van der Waals surface area contributed by atoms with E-state index in [1.165, 1.54) is 19.1 Å². The van der Waals surface area contributed by atoms with Gasteiger partial charge in [0.2, 0.25) is 0 Å². The SMILES string of the molecule is COc1cccc(OC)c1C(=O)Nc1nc(C)c(C(=O)N(C)C)s1. The van der Waals surface area contributed by atoms with E-state index in [0.29, 0.717) is 27.2 Å². The lowest BCUT2D eigenvalue weighted by Gasteiger charge is -2.11. The predicted molar refractivity (Wildman–Crippen MR) is 92.4 cm³/mol. The van der Waals surface area contributed by atoms with E-state index in [1.807, 2.05) is 0 Å². The summed E-state index contributed by atoms with van der Waals surface area (Å²) < 4.78 is 10.5. The molecule has 0 radical (unpaired) electrons. The Morgan fingerprint density at radius 2 is 1.75 bits per heavy atom. The van der Waals surface area contributed by atoms with Crippen LogP contribution in [0.5, 0.6) is 11.5 Å². The minimum absolute atomic E-state index is 0.152. The summed E-state index contributed by atoms with van der Waals surface area (Å²) in [4.78, 5) is 30.9. The zero-order valence-electron chi connectivity index (χ0n) is 14.2. The Hall–Kier alpha value is -2.61. The van der Waals surface area contributed by atoms with Crippen LogP contribution in [0, 0.1) is 6.92 Å². The summed E-state index contributed by atoms with van der Waals surface area (Å²) in [7, 11) is 6.29. The van der Waals surface area contributed by atoms with Gasteiger partial charge in [0, 0.05) is 14.1 Å². The summed E-state index contributed by atoms with van der Waals surface area (Å²) in [5.74, 6) is 0.219. The highest BCUT2D eigenvalue weighted by Gasteiger charge is 2.22. The first-order chi connectivity index (χ1) is 11.4. The average Bonchev–Trinajstić information content (AvgIpc) is 2.93. The molecule has 0 saturated carbocycles. The Labute approximate surface area is 144 Å². The van der Waals surface area contributed by atoms with E-state index in [2.05, 4.69) is 10.3 Å². The number of thiazole rings is 1. The molecule has 0 aliphatic rings. The Balaban J connectivity index is 2.31. The smallest absolute Gasteiger partial charge is 0.265 e. The lowest BCUT2D eigenvalue weighted by atomic mass is 10.1. The largest absolute Gasteiger partial charge is 0.496 e. The fraction of sp³-hybridized carbons (Fsp3) is 0.312. The maximum atomic E-state index is 12.6. The number of carbonyl (C=O) groups is 2. The Kier molecular flexibility index (Phi) is 5.40. The van der Waals surface area contributed by atoms with Crippen molar-refractivity contribution in [3.05, 3.63) is 34.3 Å². The highest BCUT2D eigenvalue weighted by molar-refractivity contribution is 7.17. The summed E-state index contributed by atoms with van der Waals surface area (Å²) in [5, 5.41) is 3.04. The molecule has 7 nitrogen and oxygen atoms in total. The van der Waals surface area contributed by atoms with Gasteiger partial charge in [-0.25, -0.2) is 4.98 Å². The van der Waals surface area contributed by atoms with Crippen molar-refractivity contribution in [2.24, 2.45) is 0 Å². The lowest BCUT2D eigenvalue weighted by Crippen LogP contribution is -2.21. The molecule has 128 valence electrons. The minimum atomic E-state index is -0.415. The van der Waals surface area contributed by atoms with Crippen LogP contribution in [0.1, 0.15) is 25.7 Å². The van der Waals surface area contributed by atoms with Crippen LogP contribution >= 0.6 is 11.3 Å². The summed E-state index contributed by atoms with van der Waals surface area (Å²) in [6, 6.07) is 5.08. The maximum Gasteiger partial charge on any atom is 0.265 e. The third kappa shape index (κ3) is 3.48. The van der Waals surface area contributed by atoms with Crippen molar-refractivity contribution in [2.45, 2.75) is 6.92 Å². The summed E-state index contributed by atoms with van der Waals surface area (Å²) in [5.41, 5.74) is 0.844. The fourth-order valence-electron chi connectivity index (χ4n) is 2.09. The number of hydrogen-bond acceptors (Lipinski definition) is 6. The molecule has 0 spiro atoms. The first-order valence-corrected chi connectivity index (χ1v) is 7.92. The van der Waals surface area contributed by atoms with Crippen LogP contribution in [-0.2, 0) is 0 Å². The number of anilines is 1. The number of rotatable bonds is 5. The number of amides is 2. The van der Waals surface area contributed by atoms with Crippen molar-refractivity contribution in [3.63, 3.8) is 0 Å². The maximum absolute atomic E-state index is 12.6. The molecular weight excluding hydrogens is 330 g/mol. The molecule has 1 aromatic carbocycles. The van der Waals surface area contributed by atoms with Crippen molar-refractivity contribution in [2.75, 3.05) is 33.6 Å². The van der Waals surface area contributed by atoms with Crippen LogP contribution in [-0.4, -0.2) is 50.0 Å². The Morgan fingerprint density at radius 3 is 2.25 bits per heavy atom. The minimum Gasteiger partial charge on any atom is -0.496 e. The van der Waals surface area contributed by atoms with Crippen LogP contribution in [0.2, 0.25) is 0 Å². The lowest BCUT2D eigenvalue weighted by molar-refractivity contribution is 0.0831. The van der Waals surface area contributed by atoms with Crippen molar-refractivity contribution >= 4 is 28.3 Å². The highest BCUT2D eigenvalue weighted by Crippen LogP contribution is 2.30. The average molecular weight is 349 g/mol. The van der Waals surface area contributed by atoms with Gasteiger partial charge >= 0.3 is 0 Å². The molecule has 1 aromatic heterocycles. The number of methoxy groups -OCH3 is 2. The van der Waals surface area contributed by atoms with E-state index in [9.17, 15) is 9.59 Å². The van der Waals surface area contributed by atoms with Crippen molar-refractivity contribution in [3.8, 4) is 11.5 Å². The van der Waals surface area contributed by atoms with E-state index >= 15 is 0 Å². The predicted octanol–water partition coefficient (Wildman–Crippen LogP) is 2.42. The number of aryl methyl sites for hydroxylation is 1. The second kappa shape index (κ2) is 7.31. The van der Waals surface area contributed by atoms with Gasteiger partial charge in [-0.3, -0.25) is 14.9 Å². The van der Waals surface area contributed by atoms with Gasteiger partial charge in [-0.1, -0.05) is 17.4 Å². The van der Waals surface area contributed by atoms with Gasteiger partial charge in [0.05, 0.1) is 19.9 Å². The number of nitrogens with zero attached hydrogens (tertiary/aromatic N) is 2. The molecule has 2 aromatic rings. The zero-order chi connectivity index (χ0) is 17.9. The van der Waals surface area contributed by atoms with E-state index in [1.54, 1.807) is 39.2 Å². The van der Waals surface area contributed by atoms with Crippen LogP contribution in [0.25, 0.3) is 0 Å². The Bertz CT molecular complexity index is 748. The van der Waals surface area contributed by atoms with E-state index in [0.717, 1.165) is 11.3 Å². The van der Waals surface area contributed by atoms with Gasteiger partial charge in [0.15, 0.2) is 5.13 Å². The van der Waals surface area contributed by atoms with Gasteiger partial charge in [0.1, 0.15) is 21.9 Å². The molecule has 24 heavy (non-hydrogen) atoms.